The Hall–Kier alpha value is -2.53. The lowest BCUT2D eigenvalue weighted by atomic mass is 10.1. The third-order valence-corrected chi connectivity index (χ3v) is 4.27. The fourth-order valence-corrected chi connectivity index (χ4v) is 3.00. The van der Waals surface area contributed by atoms with Gasteiger partial charge in [-0.1, -0.05) is 30.3 Å². The fraction of sp³-hybridized carbons (Fsp3) is 0.350. The molecule has 5 nitrogen and oxygen atoms in total. The topological polar surface area (TPSA) is 61.8 Å². The summed E-state index contributed by atoms with van der Waals surface area (Å²) in [5, 5.41) is 13.1. The molecule has 2 N–H and O–H groups in total. The standard InChI is InChI=1S/C20H24N2O3/c23-16-7-6-13-22(15-16)20(24)18-10-4-5-11-19(18)21-12-14-25-17-8-2-1-3-9-17/h1-5,8-11,16,21,23H,6-7,12-15H2. The van der Waals surface area contributed by atoms with Crippen molar-refractivity contribution in [2.75, 3.05) is 31.6 Å². The molecule has 0 bridgehead atoms. The summed E-state index contributed by atoms with van der Waals surface area (Å²) in [5.74, 6) is 0.793. The van der Waals surface area contributed by atoms with E-state index in [2.05, 4.69) is 5.32 Å². The van der Waals surface area contributed by atoms with Gasteiger partial charge in [0.05, 0.1) is 11.7 Å². The van der Waals surface area contributed by atoms with Gasteiger partial charge in [-0.3, -0.25) is 4.79 Å². The molecule has 1 saturated heterocycles. The molecule has 1 aliphatic rings. The van der Waals surface area contributed by atoms with Gasteiger partial charge in [-0.05, 0) is 37.1 Å². The van der Waals surface area contributed by atoms with E-state index in [4.69, 9.17) is 4.74 Å². The van der Waals surface area contributed by atoms with Crippen LogP contribution in [0.15, 0.2) is 54.6 Å². The minimum absolute atomic E-state index is 0.0363. The van der Waals surface area contributed by atoms with Crippen molar-refractivity contribution in [2.24, 2.45) is 0 Å². The third-order valence-electron chi connectivity index (χ3n) is 4.27. The van der Waals surface area contributed by atoms with Crippen molar-refractivity contribution < 1.29 is 14.6 Å². The van der Waals surface area contributed by atoms with Crippen LogP contribution in [-0.4, -0.2) is 48.3 Å². The number of carbonyl (C=O) groups is 1. The number of aliphatic hydroxyl groups is 1. The number of para-hydroxylation sites is 2. The second-order valence-electron chi connectivity index (χ2n) is 6.18. The van der Waals surface area contributed by atoms with Crippen LogP contribution in [0.2, 0.25) is 0 Å². The molecule has 0 spiro atoms. The molecule has 0 radical (unpaired) electrons. The second-order valence-corrected chi connectivity index (χ2v) is 6.18. The highest BCUT2D eigenvalue weighted by atomic mass is 16.5. The van der Waals surface area contributed by atoms with Gasteiger partial charge < -0.3 is 20.1 Å². The Bertz CT molecular complexity index is 690. The van der Waals surface area contributed by atoms with Gasteiger partial charge in [-0.15, -0.1) is 0 Å². The third kappa shape index (κ3) is 4.73. The largest absolute Gasteiger partial charge is 0.492 e. The van der Waals surface area contributed by atoms with Gasteiger partial charge in [-0.25, -0.2) is 0 Å². The van der Waals surface area contributed by atoms with Gasteiger partial charge >= 0.3 is 0 Å². The Balaban J connectivity index is 1.57. The quantitative estimate of drug-likeness (QED) is 0.794. The number of β-amino-alcohol motifs (C(OH)–C–C–N with tert-alkyl or cyclic N) is 1. The molecular formula is C20H24N2O3. The fourth-order valence-electron chi connectivity index (χ4n) is 3.00. The van der Waals surface area contributed by atoms with Crippen LogP contribution in [0.25, 0.3) is 0 Å². The molecule has 0 aliphatic carbocycles. The van der Waals surface area contributed by atoms with Gasteiger partial charge in [0.1, 0.15) is 12.4 Å². The van der Waals surface area contributed by atoms with Crippen LogP contribution < -0.4 is 10.1 Å². The van der Waals surface area contributed by atoms with Gasteiger partial charge in [0.2, 0.25) is 0 Å². The number of piperidine rings is 1. The molecule has 5 heteroatoms. The number of ether oxygens (including phenoxy) is 1. The number of nitrogens with one attached hydrogen (secondary N) is 1. The number of aliphatic hydroxyl groups excluding tert-OH is 1. The first kappa shape index (κ1) is 17.3. The number of amides is 1. The highest BCUT2D eigenvalue weighted by Crippen LogP contribution is 2.20. The van der Waals surface area contributed by atoms with E-state index in [1.165, 1.54) is 0 Å². The Kier molecular flexibility index (Phi) is 5.90. The molecule has 1 unspecified atom stereocenters. The summed E-state index contributed by atoms with van der Waals surface area (Å²) in [6.45, 7) is 2.21. The maximum atomic E-state index is 12.8. The summed E-state index contributed by atoms with van der Waals surface area (Å²) in [4.78, 5) is 14.5. The number of nitrogens with zero attached hydrogens (tertiary/aromatic N) is 1. The Labute approximate surface area is 148 Å². The van der Waals surface area contributed by atoms with E-state index >= 15 is 0 Å². The van der Waals surface area contributed by atoms with Crippen LogP contribution in [-0.2, 0) is 0 Å². The van der Waals surface area contributed by atoms with E-state index in [-0.39, 0.29) is 5.91 Å². The maximum Gasteiger partial charge on any atom is 0.256 e. The van der Waals surface area contributed by atoms with E-state index in [9.17, 15) is 9.90 Å². The van der Waals surface area contributed by atoms with Gasteiger partial charge in [0.15, 0.2) is 0 Å². The minimum Gasteiger partial charge on any atom is -0.492 e. The zero-order valence-corrected chi connectivity index (χ0v) is 14.2. The molecule has 1 aliphatic heterocycles. The molecule has 1 atom stereocenters. The smallest absolute Gasteiger partial charge is 0.256 e. The van der Waals surface area contributed by atoms with Gasteiger partial charge in [0, 0.05) is 25.3 Å². The second kappa shape index (κ2) is 8.53. The van der Waals surface area contributed by atoms with Crippen LogP contribution in [0.4, 0.5) is 5.69 Å². The van der Waals surface area contributed by atoms with E-state index in [0.29, 0.717) is 31.8 Å². The lowest BCUT2D eigenvalue weighted by Gasteiger charge is -2.30. The summed E-state index contributed by atoms with van der Waals surface area (Å²) in [6, 6.07) is 17.1. The van der Waals surface area contributed by atoms with Crippen molar-refractivity contribution in [3.05, 3.63) is 60.2 Å². The first-order valence-corrected chi connectivity index (χ1v) is 8.72. The average molecular weight is 340 g/mol. The van der Waals surface area contributed by atoms with Crippen LogP contribution in [0.5, 0.6) is 5.75 Å². The zero-order chi connectivity index (χ0) is 17.5. The van der Waals surface area contributed by atoms with E-state index in [1.807, 2.05) is 54.6 Å². The molecular weight excluding hydrogens is 316 g/mol. The number of carbonyl (C=O) groups excluding carboxylic acids is 1. The summed E-state index contributed by atoms with van der Waals surface area (Å²) in [5.41, 5.74) is 1.43. The molecule has 25 heavy (non-hydrogen) atoms. The maximum absolute atomic E-state index is 12.8. The lowest BCUT2D eigenvalue weighted by Crippen LogP contribution is -2.42. The van der Waals surface area contributed by atoms with Crippen molar-refractivity contribution in [3.63, 3.8) is 0 Å². The number of benzene rings is 2. The minimum atomic E-state index is -0.419. The molecule has 1 amide bonds. The zero-order valence-electron chi connectivity index (χ0n) is 14.2. The van der Waals surface area contributed by atoms with Crippen LogP contribution in [0, 0.1) is 0 Å². The van der Waals surface area contributed by atoms with Crippen molar-refractivity contribution in [2.45, 2.75) is 18.9 Å². The van der Waals surface area contributed by atoms with Crippen LogP contribution in [0.3, 0.4) is 0 Å². The number of anilines is 1. The first-order chi connectivity index (χ1) is 12.2. The number of hydrogen-bond donors (Lipinski definition) is 2. The van der Waals surface area contributed by atoms with Crippen molar-refractivity contribution in [1.82, 2.24) is 4.90 Å². The summed E-state index contributed by atoms with van der Waals surface area (Å²) >= 11 is 0. The Morgan fingerprint density at radius 1 is 1.16 bits per heavy atom. The lowest BCUT2D eigenvalue weighted by molar-refractivity contribution is 0.0474. The van der Waals surface area contributed by atoms with Crippen LogP contribution >= 0.6 is 0 Å². The van der Waals surface area contributed by atoms with Gasteiger partial charge in [0.25, 0.3) is 5.91 Å². The summed E-state index contributed by atoms with van der Waals surface area (Å²) in [6.07, 6.45) is 1.19. The highest BCUT2D eigenvalue weighted by molar-refractivity contribution is 5.99. The van der Waals surface area contributed by atoms with Gasteiger partial charge in [-0.2, -0.15) is 0 Å². The molecule has 2 aromatic rings. The molecule has 3 rings (SSSR count). The first-order valence-electron chi connectivity index (χ1n) is 8.72. The average Bonchev–Trinajstić information content (AvgIpc) is 2.66. The monoisotopic (exact) mass is 340 g/mol. The highest BCUT2D eigenvalue weighted by Gasteiger charge is 2.24. The molecule has 2 aromatic carbocycles. The molecule has 0 saturated carbocycles. The molecule has 0 aromatic heterocycles. The molecule has 132 valence electrons. The Morgan fingerprint density at radius 2 is 1.92 bits per heavy atom. The van der Waals surface area contributed by atoms with E-state index in [0.717, 1.165) is 24.3 Å². The van der Waals surface area contributed by atoms with Crippen molar-refractivity contribution >= 4 is 11.6 Å². The SMILES string of the molecule is O=C(c1ccccc1NCCOc1ccccc1)N1CCCC(O)C1. The number of hydrogen-bond acceptors (Lipinski definition) is 4. The normalized spacial score (nSPS) is 17.2. The summed E-state index contributed by atoms with van der Waals surface area (Å²) < 4.78 is 5.67. The number of likely N-dealkylation sites (tertiary alicyclic amines) is 1. The molecule has 1 heterocycles. The van der Waals surface area contributed by atoms with E-state index in [1.54, 1.807) is 4.90 Å². The van der Waals surface area contributed by atoms with Crippen molar-refractivity contribution in [3.8, 4) is 5.75 Å². The van der Waals surface area contributed by atoms with Crippen molar-refractivity contribution in [1.29, 1.82) is 0 Å². The Morgan fingerprint density at radius 3 is 2.72 bits per heavy atom. The predicted molar refractivity (Wildman–Crippen MR) is 98.0 cm³/mol. The number of rotatable bonds is 6. The summed E-state index contributed by atoms with van der Waals surface area (Å²) in [7, 11) is 0. The predicted octanol–water partition coefficient (Wildman–Crippen LogP) is 2.77. The molecule has 1 fully saturated rings. The van der Waals surface area contributed by atoms with Crippen LogP contribution in [0.1, 0.15) is 23.2 Å². The van der Waals surface area contributed by atoms with E-state index < -0.39 is 6.10 Å².